The molecule has 16 heavy (non-hydrogen) atoms. The van der Waals surface area contributed by atoms with Crippen molar-refractivity contribution in [3.63, 3.8) is 0 Å². The van der Waals surface area contributed by atoms with E-state index in [1.807, 2.05) is 0 Å². The van der Waals surface area contributed by atoms with Crippen LogP contribution in [0.3, 0.4) is 0 Å². The first-order valence-electron chi connectivity index (χ1n) is 6.18. The van der Waals surface area contributed by atoms with Crippen molar-refractivity contribution in [2.75, 3.05) is 12.4 Å². The lowest BCUT2D eigenvalue weighted by atomic mass is 10.1. The van der Waals surface area contributed by atoms with Crippen LogP contribution in [0, 0.1) is 5.92 Å². The van der Waals surface area contributed by atoms with Crippen LogP contribution in [0.5, 0.6) is 0 Å². The smallest absolute Gasteiger partial charge is 0.0713 e. The Hall–Kier alpha value is -1.02. The van der Waals surface area contributed by atoms with Gasteiger partial charge in [0.1, 0.15) is 0 Å². The van der Waals surface area contributed by atoms with E-state index in [2.05, 4.69) is 36.5 Å². The maximum Gasteiger partial charge on any atom is 0.0713 e. The summed E-state index contributed by atoms with van der Waals surface area (Å²) in [5.74, 6) is 0.899. The normalized spacial score (nSPS) is 17.1. The molecule has 2 heteroatoms. The summed E-state index contributed by atoms with van der Waals surface area (Å²) in [6.45, 7) is 2.95. The number of hydrogen-bond donors (Lipinski definition) is 1. The second-order valence-electron chi connectivity index (χ2n) is 4.63. The molecule has 1 aliphatic rings. The molecule has 1 unspecified atom stereocenters. The molecule has 0 aromatic heterocycles. The minimum absolute atomic E-state index is 0.651. The molecule has 88 valence electrons. The van der Waals surface area contributed by atoms with Gasteiger partial charge in [-0.2, -0.15) is 0 Å². The molecule has 1 saturated carbocycles. The molecule has 2 nitrogen and oxygen atoms in total. The Balaban J connectivity index is 1.99. The van der Waals surface area contributed by atoms with Gasteiger partial charge in [-0.05, 0) is 42.9 Å². The molecule has 1 N–H and O–H groups in total. The van der Waals surface area contributed by atoms with Gasteiger partial charge in [0.05, 0.1) is 6.61 Å². The topological polar surface area (TPSA) is 21.3 Å². The number of anilines is 1. The average molecular weight is 219 g/mol. The fourth-order valence-corrected chi connectivity index (χ4v) is 2.18. The van der Waals surface area contributed by atoms with Gasteiger partial charge < -0.3 is 10.1 Å². The van der Waals surface area contributed by atoms with E-state index in [1.54, 1.807) is 7.11 Å². The Morgan fingerprint density at radius 3 is 2.88 bits per heavy atom. The van der Waals surface area contributed by atoms with Gasteiger partial charge in [0.25, 0.3) is 0 Å². The van der Waals surface area contributed by atoms with Crippen LogP contribution in [0.2, 0.25) is 0 Å². The number of hydrogen-bond acceptors (Lipinski definition) is 2. The first-order valence-corrected chi connectivity index (χ1v) is 6.18. The zero-order chi connectivity index (χ0) is 11.4. The Morgan fingerprint density at radius 1 is 1.44 bits per heavy atom. The van der Waals surface area contributed by atoms with Gasteiger partial charge in [-0.15, -0.1) is 0 Å². The second-order valence-corrected chi connectivity index (χ2v) is 4.63. The van der Waals surface area contributed by atoms with Crippen molar-refractivity contribution in [1.29, 1.82) is 0 Å². The molecule has 0 heterocycles. The highest BCUT2D eigenvalue weighted by atomic mass is 16.5. The van der Waals surface area contributed by atoms with Gasteiger partial charge in [0, 0.05) is 18.8 Å². The molecule has 0 aliphatic heterocycles. The lowest BCUT2D eigenvalue weighted by Crippen LogP contribution is -2.20. The molecule has 1 atom stereocenters. The van der Waals surface area contributed by atoms with Crippen LogP contribution in [0.4, 0.5) is 5.69 Å². The van der Waals surface area contributed by atoms with Crippen molar-refractivity contribution < 1.29 is 4.74 Å². The van der Waals surface area contributed by atoms with Gasteiger partial charge in [-0.25, -0.2) is 0 Å². The largest absolute Gasteiger partial charge is 0.382 e. The molecule has 1 aromatic rings. The predicted octanol–water partition coefficient (Wildman–Crippen LogP) is 3.43. The number of nitrogens with one attached hydrogen (secondary N) is 1. The van der Waals surface area contributed by atoms with Gasteiger partial charge in [-0.1, -0.05) is 19.1 Å². The fraction of sp³-hybridized carbons (Fsp3) is 0.571. The number of methoxy groups -OCH3 is 1. The molecule has 0 bridgehead atoms. The Labute approximate surface area is 98.0 Å². The van der Waals surface area contributed by atoms with Gasteiger partial charge in [0.2, 0.25) is 0 Å². The summed E-state index contributed by atoms with van der Waals surface area (Å²) in [6, 6.07) is 9.18. The standard InChI is InChI=1S/C14H21NO/c1-3-14(12-7-8-12)15-13-6-4-5-11(9-13)10-16-2/h4-6,9,12,14-15H,3,7-8,10H2,1-2H3. The van der Waals surface area contributed by atoms with E-state index < -0.39 is 0 Å². The molecule has 1 fully saturated rings. The minimum atomic E-state index is 0.651. The predicted molar refractivity (Wildman–Crippen MR) is 67.6 cm³/mol. The van der Waals surface area contributed by atoms with E-state index in [0.717, 1.165) is 5.92 Å². The Morgan fingerprint density at radius 2 is 2.25 bits per heavy atom. The average Bonchev–Trinajstić information content (AvgIpc) is 3.11. The minimum Gasteiger partial charge on any atom is -0.382 e. The van der Waals surface area contributed by atoms with Crippen LogP contribution in [0.25, 0.3) is 0 Å². The zero-order valence-electron chi connectivity index (χ0n) is 10.2. The third-order valence-corrected chi connectivity index (χ3v) is 3.22. The molecule has 1 aromatic carbocycles. The van der Waals surface area contributed by atoms with Crippen LogP contribution in [0.1, 0.15) is 31.7 Å². The first kappa shape index (κ1) is 11.5. The number of ether oxygens (including phenoxy) is 1. The van der Waals surface area contributed by atoms with Crippen LogP contribution >= 0.6 is 0 Å². The molecule has 0 saturated heterocycles. The van der Waals surface area contributed by atoms with Crippen LogP contribution in [-0.4, -0.2) is 13.2 Å². The highest BCUT2D eigenvalue weighted by Gasteiger charge is 2.29. The molecule has 2 rings (SSSR count). The lowest BCUT2D eigenvalue weighted by Gasteiger charge is -2.18. The summed E-state index contributed by atoms with van der Waals surface area (Å²) < 4.78 is 5.15. The van der Waals surface area contributed by atoms with Crippen molar-refractivity contribution >= 4 is 5.69 Å². The number of rotatable bonds is 6. The molecule has 0 amide bonds. The van der Waals surface area contributed by atoms with E-state index in [0.29, 0.717) is 12.6 Å². The maximum atomic E-state index is 5.15. The van der Waals surface area contributed by atoms with Crippen molar-refractivity contribution in [3.05, 3.63) is 29.8 Å². The molecular weight excluding hydrogens is 198 g/mol. The van der Waals surface area contributed by atoms with Gasteiger partial charge >= 0.3 is 0 Å². The van der Waals surface area contributed by atoms with E-state index in [1.165, 1.54) is 30.5 Å². The summed E-state index contributed by atoms with van der Waals surface area (Å²) in [4.78, 5) is 0. The fourth-order valence-electron chi connectivity index (χ4n) is 2.18. The third kappa shape index (κ3) is 2.99. The second kappa shape index (κ2) is 5.35. The van der Waals surface area contributed by atoms with Gasteiger partial charge in [-0.3, -0.25) is 0 Å². The van der Waals surface area contributed by atoms with E-state index in [9.17, 15) is 0 Å². The summed E-state index contributed by atoms with van der Waals surface area (Å²) in [6.07, 6.45) is 3.99. The summed E-state index contributed by atoms with van der Waals surface area (Å²) in [7, 11) is 1.74. The lowest BCUT2D eigenvalue weighted by molar-refractivity contribution is 0.185. The summed E-state index contributed by atoms with van der Waals surface area (Å²) in [5.41, 5.74) is 2.46. The molecule has 1 aliphatic carbocycles. The van der Waals surface area contributed by atoms with E-state index >= 15 is 0 Å². The summed E-state index contributed by atoms with van der Waals surface area (Å²) in [5, 5.41) is 3.63. The van der Waals surface area contributed by atoms with Crippen molar-refractivity contribution in [2.24, 2.45) is 5.92 Å². The highest BCUT2D eigenvalue weighted by Crippen LogP contribution is 2.35. The van der Waals surface area contributed by atoms with Crippen molar-refractivity contribution in [2.45, 2.75) is 38.8 Å². The van der Waals surface area contributed by atoms with E-state index in [4.69, 9.17) is 4.74 Å². The van der Waals surface area contributed by atoms with Crippen LogP contribution < -0.4 is 5.32 Å². The number of benzene rings is 1. The maximum absolute atomic E-state index is 5.15. The van der Waals surface area contributed by atoms with Gasteiger partial charge in [0.15, 0.2) is 0 Å². The van der Waals surface area contributed by atoms with Crippen molar-refractivity contribution in [1.82, 2.24) is 0 Å². The monoisotopic (exact) mass is 219 g/mol. The quantitative estimate of drug-likeness (QED) is 0.791. The van der Waals surface area contributed by atoms with Crippen LogP contribution in [0.15, 0.2) is 24.3 Å². The first-order chi connectivity index (χ1) is 7.83. The highest BCUT2D eigenvalue weighted by molar-refractivity contribution is 5.46. The Kier molecular flexibility index (Phi) is 3.83. The van der Waals surface area contributed by atoms with Crippen molar-refractivity contribution in [3.8, 4) is 0 Å². The molecular formula is C14H21NO. The van der Waals surface area contributed by atoms with E-state index in [-0.39, 0.29) is 0 Å². The van der Waals surface area contributed by atoms with Crippen LogP contribution in [-0.2, 0) is 11.3 Å². The zero-order valence-corrected chi connectivity index (χ0v) is 10.2. The Bertz CT molecular complexity index is 333. The third-order valence-electron chi connectivity index (χ3n) is 3.22. The molecule has 0 radical (unpaired) electrons. The molecule has 0 spiro atoms. The summed E-state index contributed by atoms with van der Waals surface area (Å²) >= 11 is 0. The SMILES string of the molecule is CCC(Nc1cccc(COC)c1)C1CC1.